The molecule has 0 radical (unpaired) electrons. The van der Waals surface area contributed by atoms with E-state index in [1.54, 1.807) is 12.1 Å². The van der Waals surface area contributed by atoms with Crippen LogP contribution in [-0.4, -0.2) is 11.2 Å². The maximum Gasteiger partial charge on any atom is 0.180 e. The first-order chi connectivity index (χ1) is 7.10. The van der Waals surface area contributed by atoms with E-state index in [0.717, 1.165) is 12.0 Å². The van der Waals surface area contributed by atoms with E-state index in [9.17, 15) is 4.79 Å². The van der Waals surface area contributed by atoms with Crippen molar-refractivity contribution in [3.63, 3.8) is 0 Å². The van der Waals surface area contributed by atoms with E-state index in [4.69, 9.17) is 23.2 Å². The van der Waals surface area contributed by atoms with E-state index in [0.29, 0.717) is 17.0 Å². The number of Topliss-reactive ketones (excluding diaryl/α,β-unsaturated/α-hetero) is 1. The molecule has 1 aromatic rings. The van der Waals surface area contributed by atoms with Gasteiger partial charge in [-0.3, -0.25) is 4.79 Å². The monoisotopic (exact) mass is 244 g/mol. The van der Waals surface area contributed by atoms with E-state index in [2.05, 4.69) is 0 Å². The normalized spacial score (nSPS) is 12.5. The Morgan fingerprint density at radius 3 is 2.60 bits per heavy atom. The van der Waals surface area contributed by atoms with Crippen molar-refractivity contribution in [1.82, 2.24) is 0 Å². The fourth-order valence-electron chi connectivity index (χ4n) is 1.37. The van der Waals surface area contributed by atoms with Gasteiger partial charge >= 0.3 is 0 Å². The van der Waals surface area contributed by atoms with Crippen molar-refractivity contribution in [2.75, 3.05) is 0 Å². The van der Waals surface area contributed by atoms with Gasteiger partial charge in [-0.15, -0.1) is 11.6 Å². The van der Waals surface area contributed by atoms with E-state index in [-0.39, 0.29) is 5.78 Å². The van der Waals surface area contributed by atoms with Crippen LogP contribution in [0.15, 0.2) is 18.2 Å². The molecule has 0 aliphatic carbocycles. The van der Waals surface area contributed by atoms with E-state index in [1.165, 1.54) is 0 Å². The molecule has 0 N–H and O–H groups in total. The number of carbonyl (C=O) groups is 1. The van der Waals surface area contributed by atoms with Crippen LogP contribution >= 0.6 is 23.2 Å². The third kappa shape index (κ3) is 2.96. The van der Waals surface area contributed by atoms with Crippen molar-refractivity contribution in [3.8, 4) is 0 Å². The summed E-state index contributed by atoms with van der Waals surface area (Å²) in [5.74, 6) is -0.0227. The summed E-state index contributed by atoms with van der Waals surface area (Å²) < 4.78 is 0. The molecule has 1 unspecified atom stereocenters. The second-order valence-electron chi connectivity index (χ2n) is 3.40. The summed E-state index contributed by atoms with van der Waals surface area (Å²) in [6, 6.07) is 5.32. The SMILES string of the molecule is CCc1cc(C(=O)C(Cl)CC)ccc1Cl. The molecule has 0 saturated carbocycles. The molecule has 0 aromatic heterocycles. The van der Waals surface area contributed by atoms with Crippen LogP contribution in [0.1, 0.15) is 36.2 Å². The second kappa shape index (κ2) is 5.53. The fraction of sp³-hybridized carbons (Fsp3) is 0.417. The summed E-state index contributed by atoms with van der Waals surface area (Å²) in [5.41, 5.74) is 1.64. The summed E-state index contributed by atoms with van der Waals surface area (Å²) >= 11 is 11.9. The maximum atomic E-state index is 11.8. The maximum absolute atomic E-state index is 11.8. The van der Waals surface area contributed by atoms with Gasteiger partial charge in [0, 0.05) is 10.6 Å². The van der Waals surface area contributed by atoms with Crippen LogP contribution in [0.3, 0.4) is 0 Å². The third-order valence-electron chi connectivity index (χ3n) is 2.35. The summed E-state index contributed by atoms with van der Waals surface area (Å²) in [6.07, 6.45) is 1.46. The largest absolute Gasteiger partial charge is 0.293 e. The number of rotatable bonds is 4. The highest BCUT2D eigenvalue weighted by atomic mass is 35.5. The highest BCUT2D eigenvalue weighted by Gasteiger charge is 2.15. The molecule has 0 amide bonds. The minimum absolute atomic E-state index is 0.0227. The van der Waals surface area contributed by atoms with Gasteiger partial charge in [0.05, 0.1) is 5.38 Å². The smallest absolute Gasteiger partial charge is 0.180 e. The topological polar surface area (TPSA) is 17.1 Å². The van der Waals surface area contributed by atoms with Crippen LogP contribution in [0, 0.1) is 0 Å². The number of benzene rings is 1. The summed E-state index contributed by atoms with van der Waals surface area (Å²) in [6.45, 7) is 3.90. The van der Waals surface area contributed by atoms with Crippen molar-refractivity contribution < 1.29 is 4.79 Å². The Bertz CT molecular complexity index is 361. The first kappa shape index (κ1) is 12.5. The second-order valence-corrected chi connectivity index (χ2v) is 4.33. The first-order valence-electron chi connectivity index (χ1n) is 5.06. The Morgan fingerprint density at radius 1 is 1.40 bits per heavy atom. The lowest BCUT2D eigenvalue weighted by Crippen LogP contribution is -2.13. The minimum atomic E-state index is -0.434. The highest BCUT2D eigenvalue weighted by molar-refractivity contribution is 6.34. The van der Waals surface area contributed by atoms with E-state index >= 15 is 0 Å². The average molecular weight is 245 g/mol. The number of carbonyl (C=O) groups excluding carboxylic acids is 1. The van der Waals surface area contributed by atoms with Gasteiger partial charge in [0.25, 0.3) is 0 Å². The summed E-state index contributed by atoms with van der Waals surface area (Å²) in [7, 11) is 0. The van der Waals surface area contributed by atoms with Crippen LogP contribution in [0.2, 0.25) is 5.02 Å². The lowest BCUT2D eigenvalue weighted by atomic mass is 10.0. The van der Waals surface area contributed by atoms with Crippen molar-refractivity contribution >= 4 is 29.0 Å². The van der Waals surface area contributed by atoms with Gasteiger partial charge in [0.2, 0.25) is 0 Å². The van der Waals surface area contributed by atoms with Crippen LogP contribution in [0.4, 0.5) is 0 Å². The molecule has 0 aliphatic heterocycles. The zero-order valence-electron chi connectivity index (χ0n) is 8.89. The van der Waals surface area contributed by atoms with E-state index in [1.807, 2.05) is 19.9 Å². The molecule has 0 fully saturated rings. The first-order valence-corrected chi connectivity index (χ1v) is 5.88. The molecular weight excluding hydrogens is 231 g/mol. The highest BCUT2D eigenvalue weighted by Crippen LogP contribution is 2.20. The van der Waals surface area contributed by atoms with Gasteiger partial charge < -0.3 is 0 Å². The number of hydrogen-bond acceptors (Lipinski definition) is 1. The summed E-state index contributed by atoms with van der Waals surface area (Å²) in [4.78, 5) is 11.8. The molecule has 1 nitrogen and oxygen atoms in total. The lowest BCUT2D eigenvalue weighted by Gasteiger charge is -2.08. The lowest BCUT2D eigenvalue weighted by molar-refractivity contribution is 0.0985. The Morgan fingerprint density at radius 2 is 2.07 bits per heavy atom. The molecule has 15 heavy (non-hydrogen) atoms. The van der Waals surface area contributed by atoms with Gasteiger partial charge in [-0.2, -0.15) is 0 Å². The van der Waals surface area contributed by atoms with Crippen LogP contribution in [0.25, 0.3) is 0 Å². The number of hydrogen-bond donors (Lipinski definition) is 0. The molecule has 1 rings (SSSR count). The number of aryl methyl sites for hydroxylation is 1. The fourth-order valence-corrected chi connectivity index (χ4v) is 1.74. The number of halogens is 2. The van der Waals surface area contributed by atoms with Gasteiger partial charge in [-0.1, -0.05) is 25.4 Å². The van der Waals surface area contributed by atoms with Gasteiger partial charge in [-0.25, -0.2) is 0 Å². The Balaban J connectivity index is 3.01. The molecule has 0 bridgehead atoms. The van der Waals surface area contributed by atoms with Crippen molar-refractivity contribution in [2.45, 2.75) is 32.1 Å². The zero-order valence-corrected chi connectivity index (χ0v) is 10.4. The van der Waals surface area contributed by atoms with Crippen molar-refractivity contribution in [3.05, 3.63) is 34.3 Å². The zero-order chi connectivity index (χ0) is 11.4. The quantitative estimate of drug-likeness (QED) is 0.576. The van der Waals surface area contributed by atoms with Crippen LogP contribution in [0.5, 0.6) is 0 Å². The Hall–Kier alpha value is -0.530. The Kier molecular flexibility index (Phi) is 4.62. The van der Waals surface area contributed by atoms with Crippen LogP contribution < -0.4 is 0 Å². The number of alkyl halides is 1. The molecule has 3 heteroatoms. The predicted molar refractivity (Wildman–Crippen MR) is 65.1 cm³/mol. The van der Waals surface area contributed by atoms with E-state index < -0.39 is 5.38 Å². The standard InChI is InChI=1S/C12H14Cl2O/c1-3-8-7-9(5-6-11(8)14)12(15)10(13)4-2/h5-7,10H,3-4H2,1-2H3. The molecule has 0 saturated heterocycles. The molecule has 0 spiro atoms. The minimum Gasteiger partial charge on any atom is -0.293 e. The molecular formula is C12H14Cl2O. The van der Waals surface area contributed by atoms with Gasteiger partial charge in [0.1, 0.15) is 0 Å². The predicted octanol–water partition coefficient (Wildman–Crippen LogP) is 4.10. The van der Waals surface area contributed by atoms with Crippen LogP contribution in [-0.2, 0) is 6.42 Å². The average Bonchev–Trinajstić information content (AvgIpc) is 2.27. The molecule has 0 aliphatic rings. The Labute approximate surface area is 100 Å². The van der Waals surface area contributed by atoms with Gasteiger partial charge in [-0.05, 0) is 36.6 Å². The molecule has 1 atom stereocenters. The van der Waals surface area contributed by atoms with Gasteiger partial charge in [0.15, 0.2) is 5.78 Å². The number of ketones is 1. The molecule has 0 heterocycles. The molecule has 82 valence electrons. The summed E-state index contributed by atoms with van der Waals surface area (Å²) in [5, 5.41) is 0.271. The molecule has 1 aromatic carbocycles. The van der Waals surface area contributed by atoms with Crippen molar-refractivity contribution in [2.24, 2.45) is 0 Å². The third-order valence-corrected chi connectivity index (χ3v) is 3.23. The van der Waals surface area contributed by atoms with Crippen molar-refractivity contribution in [1.29, 1.82) is 0 Å².